The number of esters is 2. The van der Waals surface area contributed by atoms with Crippen LogP contribution in [0, 0.1) is 0 Å². The van der Waals surface area contributed by atoms with Gasteiger partial charge in [0.2, 0.25) is 5.91 Å². The second-order valence-corrected chi connectivity index (χ2v) is 6.04. The van der Waals surface area contributed by atoms with Crippen molar-refractivity contribution in [3.05, 3.63) is 12.7 Å². The summed E-state index contributed by atoms with van der Waals surface area (Å²) in [6, 6.07) is 0. The van der Waals surface area contributed by atoms with Crippen LogP contribution in [0.15, 0.2) is 12.7 Å². The number of ether oxygens (including phenoxy) is 3. The highest BCUT2D eigenvalue weighted by atomic mass is 16.6. The van der Waals surface area contributed by atoms with Crippen molar-refractivity contribution < 1.29 is 28.6 Å². The van der Waals surface area contributed by atoms with E-state index in [2.05, 4.69) is 20.3 Å². The van der Waals surface area contributed by atoms with Gasteiger partial charge in [-0.15, -0.1) is 0 Å². The Bertz CT molecular complexity index is 881. The maximum atomic E-state index is 11.4. The van der Waals surface area contributed by atoms with Crippen molar-refractivity contribution in [2.45, 2.75) is 45.6 Å². The molecule has 0 radical (unpaired) electrons. The third-order valence-electron chi connectivity index (χ3n) is 3.91. The molecule has 3 atom stereocenters. The molecule has 0 aromatic carbocycles. The van der Waals surface area contributed by atoms with Crippen molar-refractivity contribution in [3.63, 3.8) is 0 Å². The van der Waals surface area contributed by atoms with Crippen LogP contribution in [-0.2, 0) is 28.6 Å². The molecule has 2 aromatic rings. The van der Waals surface area contributed by atoms with Crippen LogP contribution in [-0.4, -0.2) is 56.2 Å². The highest BCUT2D eigenvalue weighted by molar-refractivity contribution is 5.95. The molecule has 1 aliphatic rings. The van der Waals surface area contributed by atoms with E-state index in [0.717, 1.165) is 0 Å². The molecule has 0 bridgehead atoms. The van der Waals surface area contributed by atoms with Gasteiger partial charge in [-0.25, -0.2) is 15.0 Å². The standard InChI is InChI=1S/C16H19N5O6/c1-8(22)20-15-14-16(18-6-17-15)21(7-19-14)13-4-11(26-10(3)24)12(27-13)5-25-9(2)23/h6-7,11-13H,4-5H2,1-3H3,(H,17,18,20,22). The summed E-state index contributed by atoms with van der Waals surface area (Å²) < 4.78 is 17.9. The zero-order chi connectivity index (χ0) is 19.6. The number of aromatic nitrogens is 4. The highest BCUT2D eigenvalue weighted by Crippen LogP contribution is 2.33. The molecule has 11 nitrogen and oxygen atoms in total. The molecular formula is C16H19N5O6. The minimum Gasteiger partial charge on any atom is -0.463 e. The Labute approximate surface area is 154 Å². The maximum Gasteiger partial charge on any atom is 0.303 e. The van der Waals surface area contributed by atoms with E-state index >= 15 is 0 Å². The molecule has 3 heterocycles. The first-order chi connectivity index (χ1) is 12.8. The van der Waals surface area contributed by atoms with Gasteiger partial charge in [-0.3, -0.25) is 19.0 Å². The molecule has 0 saturated carbocycles. The first kappa shape index (κ1) is 18.7. The van der Waals surface area contributed by atoms with Crippen LogP contribution in [0.1, 0.15) is 33.4 Å². The van der Waals surface area contributed by atoms with Crippen molar-refractivity contribution >= 4 is 34.8 Å². The number of hydrogen-bond acceptors (Lipinski definition) is 9. The smallest absolute Gasteiger partial charge is 0.303 e. The van der Waals surface area contributed by atoms with Crippen molar-refractivity contribution in [3.8, 4) is 0 Å². The predicted molar refractivity (Wildman–Crippen MR) is 90.3 cm³/mol. The summed E-state index contributed by atoms with van der Waals surface area (Å²) >= 11 is 0. The first-order valence-electron chi connectivity index (χ1n) is 8.26. The van der Waals surface area contributed by atoms with Gasteiger partial charge in [0, 0.05) is 27.2 Å². The van der Waals surface area contributed by atoms with Crippen molar-refractivity contribution in [1.29, 1.82) is 0 Å². The molecule has 11 heteroatoms. The van der Waals surface area contributed by atoms with Gasteiger partial charge in [-0.2, -0.15) is 0 Å². The first-order valence-corrected chi connectivity index (χ1v) is 8.26. The third-order valence-corrected chi connectivity index (χ3v) is 3.91. The number of carbonyl (C=O) groups is 3. The average molecular weight is 377 g/mol. The molecule has 1 aliphatic heterocycles. The van der Waals surface area contributed by atoms with Gasteiger partial charge in [-0.1, -0.05) is 0 Å². The largest absolute Gasteiger partial charge is 0.463 e. The summed E-state index contributed by atoms with van der Waals surface area (Å²) in [5, 5.41) is 2.59. The Morgan fingerprint density at radius 2 is 2.00 bits per heavy atom. The topological polar surface area (TPSA) is 135 Å². The van der Waals surface area contributed by atoms with Gasteiger partial charge in [0.25, 0.3) is 0 Å². The fraction of sp³-hybridized carbons (Fsp3) is 0.500. The lowest BCUT2D eigenvalue weighted by Crippen LogP contribution is -2.31. The van der Waals surface area contributed by atoms with E-state index in [-0.39, 0.29) is 18.3 Å². The normalized spacial score (nSPS) is 21.8. The number of fused-ring (bicyclic) bond motifs is 1. The molecule has 144 valence electrons. The number of hydrogen-bond donors (Lipinski definition) is 1. The second-order valence-electron chi connectivity index (χ2n) is 6.04. The molecular weight excluding hydrogens is 358 g/mol. The summed E-state index contributed by atoms with van der Waals surface area (Å²) in [5.41, 5.74) is 0.859. The molecule has 2 aromatic heterocycles. The Balaban J connectivity index is 1.86. The maximum absolute atomic E-state index is 11.4. The fourth-order valence-corrected chi connectivity index (χ4v) is 2.88. The van der Waals surface area contributed by atoms with E-state index in [9.17, 15) is 14.4 Å². The summed E-state index contributed by atoms with van der Waals surface area (Å²) in [5.74, 6) is -0.900. The van der Waals surface area contributed by atoms with Gasteiger partial charge in [0.1, 0.15) is 31.4 Å². The molecule has 0 aliphatic carbocycles. The average Bonchev–Trinajstić information content (AvgIpc) is 3.16. The summed E-state index contributed by atoms with van der Waals surface area (Å²) in [4.78, 5) is 46.2. The number of amides is 1. The number of rotatable bonds is 5. The summed E-state index contributed by atoms with van der Waals surface area (Å²) in [7, 11) is 0. The molecule has 1 amide bonds. The van der Waals surface area contributed by atoms with E-state index in [1.807, 2.05) is 0 Å². The predicted octanol–water partition coefficient (Wildman–Crippen LogP) is 0.567. The van der Waals surface area contributed by atoms with Crippen LogP contribution in [0.2, 0.25) is 0 Å². The van der Waals surface area contributed by atoms with E-state index in [0.29, 0.717) is 17.6 Å². The Morgan fingerprint density at radius 3 is 2.67 bits per heavy atom. The highest BCUT2D eigenvalue weighted by Gasteiger charge is 2.40. The molecule has 1 fully saturated rings. The zero-order valence-electron chi connectivity index (χ0n) is 15.0. The lowest BCUT2D eigenvalue weighted by atomic mass is 10.2. The molecule has 1 saturated heterocycles. The van der Waals surface area contributed by atoms with Gasteiger partial charge < -0.3 is 19.5 Å². The lowest BCUT2D eigenvalue weighted by molar-refractivity contribution is -0.155. The summed E-state index contributed by atoms with van der Waals surface area (Å²) in [6.07, 6.45) is 1.41. The number of carbonyl (C=O) groups excluding carboxylic acids is 3. The second kappa shape index (κ2) is 7.66. The van der Waals surface area contributed by atoms with Gasteiger partial charge >= 0.3 is 11.9 Å². The molecule has 0 spiro atoms. The van der Waals surface area contributed by atoms with E-state index < -0.39 is 30.4 Å². The van der Waals surface area contributed by atoms with Crippen molar-refractivity contribution in [1.82, 2.24) is 19.5 Å². The molecule has 1 N–H and O–H groups in total. The van der Waals surface area contributed by atoms with Crippen molar-refractivity contribution in [2.75, 3.05) is 11.9 Å². The van der Waals surface area contributed by atoms with Crippen molar-refractivity contribution in [2.24, 2.45) is 0 Å². The van der Waals surface area contributed by atoms with E-state index in [1.54, 1.807) is 4.57 Å². The van der Waals surface area contributed by atoms with E-state index in [4.69, 9.17) is 14.2 Å². The van der Waals surface area contributed by atoms with Crippen LogP contribution in [0.3, 0.4) is 0 Å². The minimum atomic E-state index is -0.614. The molecule has 3 rings (SSSR count). The number of imidazole rings is 1. The Hall–Kier alpha value is -3.08. The SMILES string of the molecule is CC(=O)Nc1ncnc2c1ncn2C1CC(OC(C)=O)C(COC(C)=O)O1. The number of nitrogens with one attached hydrogen (secondary N) is 1. The quantitative estimate of drug-likeness (QED) is 0.742. The molecule has 3 unspecified atom stereocenters. The molecule has 27 heavy (non-hydrogen) atoms. The minimum absolute atomic E-state index is 0.0392. The fourth-order valence-electron chi connectivity index (χ4n) is 2.88. The Morgan fingerprint density at radius 1 is 1.22 bits per heavy atom. The van der Waals surface area contributed by atoms with Crippen LogP contribution in [0.25, 0.3) is 11.2 Å². The van der Waals surface area contributed by atoms with Crippen LogP contribution < -0.4 is 5.32 Å². The zero-order valence-corrected chi connectivity index (χ0v) is 15.0. The number of nitrogens with zero attached hydrogens (tertiary/aromatic N) is 4. The lowest BCUT2D eigenvalue weighted by Gasteiger charge is -2.17. The van der Waals surface area contributed by atoms with E-state index in [1.165, 1.54) is 33.4 Å². The Kier molecular flexibility index (Phi) is 5.31. The van der Waals surface area contributed by atoms with Gasteiger partial charge in [0.05, 0.1) is 6.33 Å². The van der Waals surface area contributed by atoms with Gasteiger partial charge in [0.15, 0.2) is 17.0 Å². The van der Waals surface area contributed by atoms with Crippen LogP contribution in [0.4, 0.5) is 5.82 Å². The third kappa shape index (κ3) is 4.19. The number of anilines is 1. The van der Waals surface area contributed by atoms with Crippen LogP contribution in [0.5, 0.6) is 0 Å². The monoisotopic (exact) mass is 377 g/mol. The van der Waals surface area contributed by atoms with Crippen LogP contribution >= 0.6 is 0 Å². The summed E-state index contributed by atoms with van der Waals surface area (Å²) in [6.45, 7) is 3.92. The van der Waals surface area contributed by atoms with Gasteiger partial charge in [-0.05, 0) is 0 Å².